The maximum atomic E-state index is 5.96. The minimum absolute atomic E-state index is 0.238. The van der Waals surface area contributed by atoms with Crippen molar-refractivity contribution in [2.75, 3.05) is 18.0 Å². The molecule has 0 saturated heterocycles. The second-order valence-electron chi connectivity index (χ2n) is 5.89. The maximum Gasteiger partial charge on any atom is 0.318 e. The summed E-state index contributed by atoms with van der Waals surface area (Å²) in [7, 11) is 0. The molecule has 1 heterocycles. The lowest BCUT2D eigenvalue weighted by molar-refractivity contribution is 0.459. The molecule has 19 heavy (non-hydrogen) atoms. The van der Waals surface area contributed by atoms with Crippen LogP contribution < -0.4 is 4.90 Å². The van der Waals surface area contributed by atoms with Crippen LogP contribution in [0.5, 0.6) is 0 Å². The zero-order chi connectivity index (χ0) is 14.4. The third kappa shape index (κ3) is 5.81. The summed E-state index contributed by atoms with van der Waals surface area (Å²) in [6.07, 6.45) is 2.23. The molecule has 5 heteroatoms. The Morgan fingerprint density at radius 3 is 1.89 bits per heavy atom. The Morgan fingerprint density at radius 1 is 1.00 bits per heavy atom. The highest BCUT2D eigenvalue weighted by molar-refractivity contribution is 6.20. The standard InChI is InChI=1S/C14H26ClN3O/c1-10(2)6-8-18(9-7-11(3)4)14-17-16-13(19-14)12(5)15/h10-12H,6-9H2,1-5H3. The highest BCUT2D eigenvalue weighted by atomic mass is 35.5. The first-order valence-corrected chi connectivity index (χ1v) is 7.56. The normalized spacial score (nSPS) is 13.3. The summed E-state index contributed by atoms with van der Waals surface area (Å²) in [5.41, 5.74) is 0. The van der Waals surface area contributed by atoms with E-state index < -0.39 is 0 Å². The van der Waals surface area contributed by atoms with E-state index in [0.29, 0.717) is 23.7 Å². The van der Waals surface area contributed by atoms with Gasteiger partial charge in [-0.2, -0.15) is 0 Å². The molecule has 110 valence electrons. The third-order valence-corrected chi connectivity index (χ3v) is 3.18. The minimum Gasteiger partial charge on any atom is -0.406 e. The smallest absolute Gasteiger partial charge is 0.318 e. The average molecular weight is 288 g/mol. The topological polar surface area (TPSA) is 42.2 Å². The Hall–Kier alpha value is -0.770. The van der Waals surface area contributed by atoms with E-state index in [2.05, 4.69) is 42.8 Å². The van der Waals surface area contributed by atoms with Crippen LogP contribution in [0.3, 0.4) is 0 Å². The van der Waals surface area contributed by atoms with Gasteiger partial charge < -0.3 is 9.32 Å². The first-order chi connectivity index (χ1) is 8.90. The molecule has 0 bridgehead atoms. The molecule has 0 amide bonds. The van der Waals surface area contributed by atoms with Crippen LogP contribution in [-0.4, -0.2) is 23.3 Å². The van der Waals surface area contributed by atoms with E-state index >= 15 is 0 Å². The number of rotatable bonds is 8. The van der Waals surface area contributed by atoms with Gasteiger partial charge in [-0.3, -0.25) is 0 Å². The van der Waals surface area contributed by atoms with Gasteiger partial charge in [0, 0.05) is 13.1 Å². The minimum atomic E-state index is -0.238. The molecule has 0 aliphatic rings. The average Bonchev–Trinajstić information content (AvgIpc) is 2.77. The van der Waals surface area contributed by atoms with Crippen molar-refractivity contribution in [3.8, 4) is 0 Å². The first kappa shape index (κ1) is 16.3. The molecule has 1 atom stereocenters. The number of hydrogen-bond acceptors (Lipinski definition) is 4. The second-order valence-corrected chi connectivity index (χ2v) is 6.55. The molecule has 0 aliphatic heterocycles. The number of hydrogen-bond donors (Lipinski definition) is 0. The lowest BCUT2D eigenvalue weighted by atomic mass is 10.1. The van der Waals surface area contributed by atoms with Gasteiger partial charge in [0.05, 0.1) is 0 Å². The summed E-state index contributed by atoms with van der Waals surface area (Å²) >= 11 is 5.96. The van der Waals surface area contributed by atoms with Crippen molar-refractivity contribution in [1.82, 2.24) is 10.2 Å². The number of nitrogens with zero attached hydrogens (tertiary/aromatic N) is 3. The van der Waals surface area contributed by atoms with Gasteiger partial charge in [-0.05, 0) is 31.6 Å². The van der Waals surface area contributed by atoms with Crippen molar-refractivity contribution in [2.24, 2.45) is 11.8 Å². The van der Waals surface area contributed by atoms with Crippen LogP contribution in [-0.2, 0) is 0 Å². The predicted molar refractivity (Wildman–Crippen MR) is 79.7 cm³/mol. The number of halogens is 1. The molecule has 1 unspecified atom stereocenters. The van der Waals surface area contributed by atoms with Crippen LogP contribution in [0.15, 0.2) is 4.42 Å². The van der Waals surface area contributed by atoms with Gasteiger partial charge in [-0.15, -0.1) is 16.7 Å². The fourth-order valence-electron chi connectivity index (χ4n) is 1.65. The molecule has 1 aromatic rings. The summed E-state index contributed by atoms with van der Waals surface area (Å²) < 4.78 is 5.64. The molecule has 4 nitrogen and oxygen atoms in total. The van der Waals surface area contributed by atoms with E-state index in [1.54, 1.807) is 0 Å². The Kier molecular flexibility index (Phi) is 6.63. The Morgan fingerprint density at radius 2 is 1.53 bits per heavy atom. The van der Waals surface area contributed by atoms with E-state index in [9.17, 15) is 0 Å². The summed E-state index contributed by atoms with van der Waals surface area (Å²) in [5.74, 6) is 1.82. The van der Waals surface area contributed by atoms with Crippen molar-refractivity contribution < 1.29 is 4.42 Å². The molecule has 0 saturated carbocycles. The molecule has 0 aromatic carbocycles. The maximum absolute atomic E-state index is 5.96. The first-order valence-electron chi connectivity index (χ1n) is 7.12. The molecule has 0 N–H and O–H groups in total. The summed E-state index contributed by atoms with van der Waals surface area (Å²) in [6, 6.07) is 0.601. The number of anilines is 1. The lowest BCUT2D eigenvalue weighted by Crippen LogP contribution is -2.27. The van der Waals surface area contributed by atoms with Crippen molar-refractivity contribution in [3.63, 3.8) is 0 Å². The Balaban J connectivity index is 2.69. The van der Waals surface area contributed by atoms with Crippen molar-refractivity contribution in [3.05, 3.63) is 5.89 Å². The summed E-state index contributed by atoms with van der Waals surface area (Å²) in [6.45, 7) is 12.6. The van der Waals surface area contributed by atoms with Crippen LogP contribution in [0.4, 0.5) is 6.01 Å². The van der Waals surface area contributed by atoms with Gasteiger partial charge in [-0.1, -0.05) is 32.8 Å². The van der Waals surface area contributed by atoms with E-state index in [1.165, 1.54) is 0 Å². The SMILES string of the molecule is CC(C)CCN(CCC(C)C)c1nnc(C(C)Cl)o1. The fourth-order valence-corrected chi connectivity index (χ4v) is 1.73. The predicted octanol–water partition coefficient (Wildman–Crippen LogP) is 4.27. The van der Waals surface area contributed by atoms with Crippen molar-refractivity contribution in [2.45, 2.75) is 52.8 Å². The van der Waals surface area contributed by atoms with E-state index in [1.807, 2.05) is 6.92 Å². The van der Waals surface area contributed by atoms with Crippen LogP contribution in [0.2, 0.25) is 0 Å². The van der Waals surface area contributed by atoms with Gasteiger partial charge in [0.25, 0.3) is 0 Å². The van der Waals surface area contributed by atoms with Crippen molar-refractivity contribution >= 4 is 17.6 Å². The lowest BCUT2D eigenvalue weighted by Gasteiger charge is -2.22. The van der Waals surface area contributed by atoms with Crippen LogP contribution >= 0.6 is 11.6 Å². The fraction of sp³-hybridized carbons (Fsp3) is 0.857. The van der Waals surface area contributed by atoms with E-state index in [0.717, 1.165) is 25.9 Å². The molecular formula is C14H26ClN3O. The van der Waals surface area contributed by atoms with Gasteiger partial charge in [0.1, 0.15) is 5.38 Å². The van der Waals surface area contributed by atoms with Gasteiger partial charge >= 0.3 is 6.01 Å². The molecular weight excluding hydrogens is 262 g/mol. The quantitative estimate of drug-likeness (QED) is 0.670. The number of aromatic nitrogens is 2. The summed E-state index contributed by atoms with van der Waals surface area (Å²) in [4.78, 5) is 2.18. The van der Waals surface area contributed by atoms with Gasteiger partial charge in [0.15, 0.2) is 0 Å². The van der Waals surface area contributed by atoms with Crippen LogP contribution in [0.25, 0.3) is 0 Å². The van der Waals surface area contributed by atoms with Gasteiger partial charge in [0.2, 0.25) is 5.89 Å². The molecule has 1 rings (SSSR count). The van der Waals surface area contributed by atoms with E-state index in [4.69, 9.17) is 16.0 Å². The molecule has 0 spiro atoms. The van der Waals surface area contributed by atoms with Crippen LogP contribution in [0.1, 0.15) is 58.7 Å². The molecule has 0 aliphatic carbocycles. The highest BCUT2D eigenvalue weighted by Gasteiger charge is 2.17. The Labute approximate surface area is 121 Å². The van der Waals surface area contributed by atoms with Crippen LogP contribution in [0, 0.1) is 11.8 Å². The largest absolute Gasteiger partial charge is 0.406 e. The third-order valence-electron chi connectivity index (χ3n) is 2.99. The highest BCUT2D eigenvalue weighted by Crippen LogP contribution is 2.22. The summed E-state index contributed by atoms with van der Waals surface area (Å²) in [5, 5.41) is 7.88. The van der Waals surface area contributed by atoms with E-state index in [-0.39, 0.29) is 5.38 Å². The zero-order valence-corrected chi connectivity index (χ0v) is 13.4. The van der Waals surface area contributed by atoms with Crippen molar-refractivity contribution in [1.29, 1.82) is 0 Å². The molecule has 0 fully saturated rings. The zero-order valence-electron chi connectivity index (χ0n) is 12.7. The second kappa shape index (κ2) is 7.73. The van der Waals surface area contributed by atoms with Gasteiger partial charge in [-0.25, -0.2) is 0 Å². The monoisotopic (exact) mass is 287 g/mol. The number of alkyl halides is 1. The molecule has 0 radical (unpaired) electrons. The Bertz CT molecular complexity index is 351. The molecule has 1 aromatic heterocycles.